The Morgan fingerprint density at radius 3 is 1.58 bits per heavy atom. The Bertz CT molecular complexity index is 310. The predicted molar refractivity (Wildman–Crippen MR) is 93.2 cm³/mol. The normalized spacial score (nSPS) is 16.4. The molecule has 24 heavy (non-hydrogen) atoms. The van der Waals surface area contributed by atoms with Crippen LogP contribution in [-0.2, 0) is 28.5 Å². The van der Waals surface area contributed by atoms with Gasteiger partial charge in [-0.05, 0) is 34.1 Å². The van der Waals surface area contributed by atoms with Crippen molar-refractivity contribution >= 4 is 5.97 Å². The Morgan fingerprint density at radius 1 is 0.750 bits per heavy atom. The van der Waals surface area contributed by atoms with Gasteiger partial charge in [-0.3, -0.25) is 4.79 Å². The average molecular weight is 348 g/mol. The lowest BCUT2D eigenvalue weighted by atomic mass is 10.3. The van der Waals surface area contributed by atoms with E-state index in [1.807, 2.05) is 27.7 Å². The zero-order valence-electron chi connectivity index (χ0n) is 16.2. The Morgan fingerprint density at radius 2 is 1.17 bits per heavy atom. The molecule has 0 aromatic heterocycles. The number of hydrogen-bond donors (Lipinski definition) is 0. The van der Waals surface area contributed by atoms with Gasteiger partial charge in [0.05, 0.1) is 44.2 Å². The number of rotatable bonds is 15. The first kappa shape index (κ1) is 23.3. The van der Waals surface area contributed by atoms with Gasteiger partial charge in [0.2, 0.25) is 0 Å². The number of ether oxygens (including phenoxy) is 5. The SMILES string of the molecule is CCCCOC(C)COC(C)COC(C)COC(C)COC(C)=O. The molecule has 0 fully saturated rings. The van der Waals surface area contributed by atoms with E-state index in [0.717, 1.165) is 19.4 Å². The summed E-state index contributed by atoms with van der Waals surface area (Å²) in [6.45, 7) is 13.9. The first-order valence-corrected chi connectivity index (χ1v) is 8.94. The molecule has 0 bridgehead atoms. The van der Waals surface area contributed by atoms with Crippen LogP contribution in [0.2, 0.25) is 0 Å². The number of carbonyl (C=O) groups is 1. The van der Waals surface area contributed by atoms with Gasteiger partial charge in [0.1, 0.15) is 6.61 Å². The summed E-state index contributed by atoms with van der Waals surface area (Å²) in [5.41, 5.74) is 0. The summed E-state index contributed by atoms with van der Waals surface area (Å²) in [5, 5.41) is 0. The van der Waals surface area contributed by atoms with E-state index >= 15 is 0 Å². The van der Waals surface area contributed by atoms with Crippen LogP contribution < -0.4 is 0 Å². The molecule has 0 aromatic carbocycles. The van der Waals surface area contributed by atoms with E-state index in [2.05, 4.69) is 6.92 Å². The average Bonchev–Trinajstić information content (AvgIpc) is 2.54. The van der Waals surface area contributed by atoms with E-state index < -0.39 is 0 Å². The predicted octanol–water partition coefficient (Wildman–Crippen LogP) is 2.97. The first-order valence-electron chi connectivity index (χ1n) is 8.94. The van der Waals surface area contributed by atoms with Crippen molar-refractivity contribution in [1.82, 2.24) is 0 Å². The van der Waals surface area contributed by atoms with Crippen molar-refractivity contribution in [3.05, 3.63) is 0 Å². The van der Waals surface area contributed by atoms with Crippen molar-refractivity contribution in [3.63, 3.8) is 0 Å². The molecule has 0 aliphatic rings. The fraction of sp³-hybridized carbons (Fsp3) is 0.944. The molecule has 0 aliphatic carbocycles. The minimum absolute atomic E-state index is 0.00291. The molecule has 0 spiro atoms. The summed E-state index contributed by atoms with van der Waals surface area (Å²) >= 11 is 0. The van der Waals surface area contributed by atoms with Crippen LogP contribution in [-0.4, -0.2) is 63.4 Å². The van der Waals surface area contributed by atoms with Crippen LogP contribution in [0.4, 0.5) is 0 Å². The molecule has 0 saturated heterocycles. The Hall–Kier alpha value is -0.690. The summed E-state index contributed by atoms with van der Waals surface area (Å²) in [6, 6.07) is 0. The molecule has 0 heterocycles. The lowest BCUT2D eigenvalue weighted by Gasteiger charge is -2.21. The molecular weight excluding hydrogens is 312 g/mol. The zero-order valence-corrected chi connectivity index (χ0v) is 16.2. The third-order valence-corrected chi connectivity index (χ3v) is 3.27. The number of carbonyl (C=O) groups excluding carboxylic acids is 1. The third-order valence-electron chi connectivity index (χ3n) is 3.27. The first-order chi connectivity index (χ1) is 11.3. The van der Waals surface area contributed by atoms with Gasteiger partial charge in [0.15, 0.2) is 0 Å². The van der Waals surface area contributed by atoms with Crippen molar-refractivity contribution in [2.45, 2.75) is 78.8 Å². The van der Waals surface area contributed by atoms with Gasteiger partial charge in [-0.1, -0.05) is 13.3 Å². The summed E-state index contributed by atoms with van der Waals surface area (Å²) in [4.78, 5) is 10.7. The number of hydrogen-bond acceptors (Lipinski definition) is 6. The Kier molecular flexibility index (Phi) is 14.2. The van der Waals surface area contributed by atoms with Crippen LogP contribution >= 0.6 is 0 Å². The van der Waals surface area contributed by atoms with Gasteiger partial charge >= 0.3 is 5.97 Å². The van der Waals surface area contributed by atoms with Crippen LogP contribution in [0.15, 0.2) is 0 Å². The second-order valence-corrected chi connectivity index (χ2v) is 6.27. The quantitative estimate of drug-likeness (QED) is 0.335. The molecule has 6 heteroatoms. The molecule has 0 rings (SSSR count). The maximum Gasteiger partial charge on any atom is 0.302 e. The topological polar surface area (TPSA) is 63.2 Å². The molecule has 0 N–H and O–H groups in total. The molecular formula is C18H36O6. The zero-order chi connectivity index (χ0) is 18.4. The van der Waals surface area contributed by atoms with Crippen LogP contribution in [0.25, 0.3) is 0 Å². The van der Waals surface area contributed by atoms with Crippen molar-refractivity contribution in [3.8, 4) is 0 Å². The van der Waals surface area contributed by atoms with E-state index in [4.69, 9.17) is 23.7 Å². The highest BCUT2D eigenvalue weighted by Gasteiger charge is 2.12. The van der Waals surface area contributed by atoms with Gasteiger partial charge in [-0.2, -0.15) is 0 Å². The second-order valence-electron chi connectivity index (χ2n) is 6.27. The van der Waals surface area contributed by atoms with E-state index in [-0.39, 0.29) is 37.0 Å². The molecule has 0 radical (unpaired) electrons. The van der Waals surface area contributed by atoms with E-state index in [9.17, 15) is 4.79 Å². The van der Waals surface area contributed by atoms with Crippen LogP contribution in [0, 0.1) is 0 Å². The molecule has 6 nitrogen and oxygen atoms in total. The fourth-order valence-corrected chi connectivity index (χ4v) is 1.76. The van der Waals surface area contributed by atoms with Crippen LogP contribution in [0.5, 0.6) is 0 Å². The molecule has 4 atom stereocenters. The largest absolute Gasteiger partial charge is 0.463 e. The van der Waals surface area contributed by atoms with Crippen molar-refractivity contribution in [1.29, 1.82) is 0 Å². The summed E-state index contributed by atoms with van der Waals surface area (Å²) in [6.07, 6.45) is 2.13. The van der Waals surface area contributed by atoms with Gasteiger partial charge < -0.3 is 23.7 Å². The fourth-order valence-electron chi connectivity index (χ4n) is 1.76. The molecule has 4 unspecified atom stereocenters. The smallest absolute Gasteiger partial charge is 0.302 e. The van der Waals surface area contributed by atoms with Crippen molar-refractivity contribution in [2.75, 3.05) is 33.0 Å². The van der Waals surface area contributed by atoms with Gasteiger partial charge in [0, 0.05) is 13.5 Å². The van der Waals surface area contributed by atoms with Crippen molar-refractivity contribution in [2.24, 2.45) is 0 Å². The van der Waals surface area contributed by atoms with E-state index in [0.29, 0.717) is 19.8 Å². The van der Waals surface area contributed by atoms with E-state index in [1.165, 1.54) is 6.92 Å². The lowest BCUT2D eigenvalue weighted by Crippen LogP contribution is -2.28. The summed E-state index contributed by atoms with van der Waals surface area (Å²) in [7, 11) is 0. The second kappa shape index (κ2) is 14.6. The third kappa shape index (κ3) is 14.9. The Labute approximate surface area is 147 Å². The summed E-state index contributed by atoms with van der Waals surface area (Å²) < 4.78 is 27.5. The highest BCUT2D eigenvalue weighted by molar-refractivity contribution is 5.65. The van der Waals surface area contributed by atoms with Gasteiger partial charge in [0.25, 0.3) is 0 Å². The van der Waals surface area contributed by atoms with Crippen LogP contribution in [0.1, 0.15) is 54.4 Å². The van der Waals surface area contributed by atoms with Crippen LogP contribution in [0.3, 0.4) is 0 Å². The monoisotopic (exact) mass is 348 g/mol. The standard InChI is InChI=1S/C18H36O6/c1-7-8-9-20-14(2)10-21-15(3)11-22-16(4)12-23-17(5)13-24-18(6)19/h14-17H,7-13H2,1-6H3. The minimum Gasteiger partial charge on any atom is -0.463 e. The maximum absolute atomic E-state index is 10.7. The van der Waals surface area contributed by atoms with E-state index in [1.54, 1.807) is 0 Å². The number of esters is 1. The maximum atomic E-state index is 10.7. The minimum atomic E-state index is -0.298. The van der Waals surface area contributed by atoms with Gasteiger partial charge in [-0.25, -0.2) is 0 Å². The molecule has 0 amide bonds. The molecule has 0 saturated carbocycles. The summed E-state index contributed by atoms with van der Waals surface area (Å²) in [5.74, 6) is -0.298. The Balaban J connectivity index is 3.66. The van der Waals surface area contributed by atoms with Crippen molar-refractivity contribution < 1.29 is 28.5 Å². The molecule has 0 aromatic rings. The molecule has 0 aliphatic heterocycles. The number of unbranched alkanes of at least 4 members (excludes halogenated alkanes) is 1. The molecule has 144 valence electrons. The van der Waals surface area contributed by atoms with Gasteiger partial charge in [-0.15, -0.1) is 0 Å². The lowest BCUT2D eigenvalue weighted by molar-refractivity contribution is -0.146. The highest BCUT2D eigenvalue weighted by atomic mass is 16.6. The highest BCUT2D eigenvalue weighted by Crippen LogP contribution is 2.03.